The molecule has 0 N–H and O–H groups in total. The molecule has 0 spiro atoms. The van der Waals surface area contributed by atoms with Gasteiger partial charge in [0.05, 0.1) is 0 Å². The second kappa shape index (κ2) is 5.52. The van der Waals surface area contributed by atoms with Crippen molar-refractivity contribution >= 4 is 5.78 Å². The predicted molar refractivity (Wildman–Crippen MR) is 54.4 cm³/mol. The van der Waals surface area contributed by atoms with Crippen molar-refractivity contribution in [2.75, 3.05) is 0 Å². The van der Waals surface area contributed by atoms with Crippen molar-refractivity contribution < 1.29 is 4.79 Å². The topological polar surface area (TPSA) is 17.1 Å². The van der Waals surface area contributed by atoms with Crippen LogP contribution in [0, 0.1) is 6.42 Å². The summed E-state index contributed by atoms with van der Waals surface area (Å²) in [6.45, 7) is 1.60. The molecule has 0 heterocycles. The molecule has 1 heteroatoms. The number of carbonyl (C=O) groups is 1. The maximum absolute atomic E-state index is 10.6. The highest BCUT2D eigenvalue weighted by Gasteiger charge is 1.95. The number of carbonyl (C=O) groups excluding carboxylic acids is 1. The first-order chi connectivity index (χ1) is 6.29. The number of hydrogen-bond donors (Lipinski definition) is 0. The molecular weight excluding hydrogens is 160 g/mol. The molecule has 0 saturated heterocycles. The zero-order chi connectivity index (χ0) is 9.52. The lowest BCUT2D eigenvalue weighted by Gasteiger charge is -1.99. The van der Waals surface area contributed by atoms with Gasteiger partial charge in [-0.1, -0.05) is 30.3 Å². The minimum Gasteiger partial charge on any atom is -0.300 e. The first-order valence-corrected chi connectivity index (χ1v) is 4.67. The van der Waals surface area contributed by atoms with Gasteiger partial charge < -0.3 is 0 Å². The van der Waals surface area contributed by atoms with Crippen molar-refractivity contribution in [3.05, 3.63) is 42.3 Å². The zero-order valence-corrected chi connectivity index (χ0v) is 7.99. The van der Waals surface area contributed by atoms with Gasteiger partial charge in [0.25, 0.3) is 0 Å². The lowest BCUT2D eigenvalue weighted by atomic mass is 10.1. The van der Waals surface area contributed by atoms with E-state index >= 15 is 0 Å². The smallest absolute Gasteiger partial charge is 0.133 e. The molecule has 1 nitrogen and oxygen atoms in total. The second-order valence-electron chi connectivity index (χ2n) is 3.19. The van der Waals surface area contributed by atoms with Crippen LogP contribution in [0.3, 0.4) is 0 Å². The standard InChI is InChI=1S/C12H15O/c1-11(13)7-5-6-10-12-8-3-2-4-9-12/h2-4,7-9H,5-6,10H2,1H3. The average molecular weight is 175 g/mol. The van der Waals surface area contributed by atoms with Crippen LogP contribution in [0.2, 0.25) is 0 Å². The van der Waals surface area contributed by atoms with Crippen LogP contribution in [0.4, 0.5) is 0 Å². The molecule has 69 valence electrons. The van der Waals surface area contributed by atoms with E-state index < -0.39 is 0 Å². The van der Waals surface area contributed by atoms with Crippen LogP contribution in [0.1, 0.15) is 25.3 Å². The van der Waals surface area contributed by atoms with Crippen molar-refractivity contribution in [3.8, 4) is 0 Å². The molecule has 0 aliphatic heterocycles. The van der Waals surface area contributed by atoms with E-state index in [1.165, 1.54) is 5.56 Å². The summed E-state index contributed by atoms with van der Waals surface area (Å²) in [5, 5.41) is 0. The fourth-order valence-electron chi connectivity index (χ4n) is 1.26. The summed E-state index contributed by atoms with van der Waals surface area (Å²) in [7, 11) is 0. The first-order valence-electron chi connectivity index (χ1n) is 4.67. The van der Waals surface area contributed by atoms with E-state index in [0.29, 0.717) is 0 Å². The van der Waals surface area contributed by atoms with Gasteiger partial charge in [-0.25, -0.2) is 0 Å². The van der Waals surface area contributed by atoms with Crippen LogP contribution < -0.4 is 0 Å². The number of ketones is 1. The Bertz CT molecular complexity index is 251. The van der Waals surface area contributed by atoms with Gasteiger partial charge >= 0.3 is 0 Å². The summed E-state index contributed by atoms with van der Waals surface area (Å²) in [4.78, 5) is 10.6. The van der Waals surface area contributed by atoms with Crippen molar-refractivity contribution in [2.45, 2.75) is 26.2 Å². The van der Waals surface area contributed by atoms with Crippen molar-refractivity contribution in [3.63, 3.8) is 0 Å². The fourth-order valence-corrected chi connectivity index (χ4v) is 1.26. The number of Topliss-reactive ketones (excluding diaryl/α,β-unsaturated/α-hetero) is 1. The monoisotopic (exact) mass is 175 g/mol. The third-order valence-electron chi connectivity index (χ3n) is 1.94. The van der Waals surface area contributed by atoms with Crippen LogP contribution >= 0.6 is 0 Å². The highest BCUT2D eigenvalue weighted by atomic mass is 16.1. The third kappa shape index (κ3) is 4.46. The summed E-state index contributed by atoms with van der Waals surface area (Å²) in [5.41, 5.74) is 1.35. The SMILES string of the molecule is CC(=O)[CH]CCCc1ccccc1. The highest BCUT2D eigenvalue weighted by Crippen LogP contribution is 2.05. The van der Waals surface area contributed by atoms with Crippen LogP contribution in [0.25, 0.3) is 0 Å². The van der Waals surface area contributed by atoms with Gasteiger partial charge in [0.2, 0.25) is 0 Å². The molecule has 0 saturated carbocycles. The van der Waals surface area contributed by atoms with E-state index in [1.807, 2.05) is 18.2 Å². The van der Waals surface area contributed by atoms with Gasteiger partial charge in [-0.3, -0.25) is 4.79 Å². The molecule has 1 aromatic rings. The Kier molecular flexibility index (Phi) is 4.24. The fraction of sp³-hybridized carbons (Fsp3) is 0.333. The van der Waals surface area contributed by atoms with Gasteiger partial charge in [-0.2, -0.15) is 0 Å². The van der Waals surface area contributed by atoms with Crippen molar-refractivity contribution in [2.24, 2.45) is 0 Å². The Morgan fingerprint density at radius 3 is 2.62 bits per heavy atom. The minimum absolute atomic E-state index is 0.174. The number of benzene rings is 1. The van der Waals surface area contributed by atoms with Gasteiger partial charge in [0.1, 0.15) is 5.78 Å². The van der Waals surface area contributed by atoms with E-state index in [4.69, 9.17) is 0 Å². The summed E-state index contributed by atoms with van der Waals surface area (Å²) >= 11 is 0. The van der Waals surface area contributed by atoms with Gasteiger partial charge in [-0.05, 0) is 31.7 Å². The Balaban J connectivity index is 2.17. The Morgan fingerprint density at radius 2 is 2.00 bits per heavy atom. The summed E-state index contributed by atoms with van der Waals surface area (Å²) in [6, 6.07) is 10.3. The second-order valence-corrected chi connectivity index (χ2v) is 3.19. The predicted octanol–water partition coefficient (Wildman–Crippen LogP) is 2.80. The maximum Gasteiger partial charge on any atom is 0.133 e. The van der Waals surface area contributed by atoms with Crippen LogP contribution in [-0.2, 0) is 11.2 Å². The Hall–Kier alpha value is -1.11. The van der Waals surface area contributed by atoms with Crippen molar-refractivity contribution in [1.82, 2.24) is 0 Å². The van der Waals surface area contributed by atoms with Crippen molar-refractivity contribution in [1.29, 1.82) is 0 Å². The molecule has 0 aromatic heterocycles. The lowest BCUT2D eigenvalue weighted by Crippen LogP contribution is -1.92. The van der Waals surface area contributed by atoms with E-state index in [0.717, 1.165) is 19.3 Å². The summed E-state index contributed by atoms with van der Waals surface area (Å²) in [5.74, 6) is 0.174. The highest BCUT2D eigenvalue weighted by molar-refractivity contribution is 5.84. The molecule has 13 heavy (non-hydrogen) atoms. The largest absolute Gasteiger partial charge is 0.300 e. The molecule has 1 rings (SSSR count). The van der Waals surface area contributed by atoms with Crippen LogP contribution in [0.5, 0.6) is 0 Å². The molecule has 0 aliphatic rings. The first kappa shape index (κ1) is 9.97. The molecule has 0 unspecified atom stereocenters. The Labute approximate surface area is 79.8 Å². The van der Waals surface area contributed by atoms with Crippen LogP contribution in [-0.4, -0.2) is 5.78 Å². The molecule has 0 aliphatic carbocycles. The zero-order valence-electron chi connectivity index (χ0n) is 7.99. The lowest BCUT2D eigenvalue weighted by molar-refractivity contribution is -0.114. The average Bonchev–Trinajstić information content (AvgIpc) is 2.14. The molecule has 0 fully saturated rings. The van der Waals surface area contributed by atoms with E-state index in [2.05, 4.69) is 12.1 Å². The quantitative estimate of drug-likeness (QED) is 0.629. The molecule has 1 radical (unpaired) electrons. The molecule has 0 atom stereocenters. The number of unbranched alkanes of at least 4 members (excludes halogenated alkanes) is 1. The molecular formula is C12H15O. The number of rotatable bonds is 5. The number of aryl methyl sites for hydroxylation is 1. The summed E-state index contributed by atoms with van der Waals surface area (Å²) in [6.07, 6.45) is 4.77. The van der Waals surface area contributed by atoms with Crippen LogP contribution in [0.15, 0.2) is 30.3 Å². The number of hydrogen-bond acceptors (Lipinski definition) is 1. The normalized spacial score (nSPS) is 9.92. The third-order valence-corrected chi connectivity index (χ3v) is 1.94. The van der Waals surface area contributed by atoms with Gasteiger partial charge in [-0.15, -0.1) is 0 Å². The molecule has 0 bridgehead atoms. The molecule has 0 amide bonds. The molecule has 1 aromatic carbocycles. The Morgan fingerprint density at radius 1 is 1.31 bits per heavy atom. The maximum atomic E-state index is 10.6. The van der Waals surface area contributed by atoms with E-state index in [-0.39, 0.29) is 5.78 Å². The van der Waals surface area contributed by atoms with Gasteiger partial charge in [0, 0.05) is 6.42 Å². The minimum atomic E-state index is 0.174. The van der Waals surface area contributed by atoms with Gasteiger partial charge in [0.15, 0.2) is 0 Å². The van der Waals surface area contributed by atoms with E-state index in [9.17, 15) is 4.79 Å². The van der Waals surface area contributed by atoms with E-state index in [1.54, 1.807) is 13.3 Å². The summed E-state index contributed by atoms with van der Waals surface area (Å²) < 4.78 is 0.